The zero-order chi connectivity index (χ0) is 28.1. The number of H-pyrrole nitrogens is 1. The van der Waals surface area contributed by atoms with Crippen molar-refractivity contribution in [1.82, 2.24) is 19.9 Å². The lowest BCUT2D eigenvalue weighted by Gasteiger charge is -2.26. The Balaban J connectivity index is 1.37. The Morgan fingerprint density at radius 2 is 1.85 bits per heavy atom. The largest absolute Gasteiger partial charge is 0.461 e. The fourth-order valence-electron chi connectivity index (χ4n) is 5.62. The molecule has 2 saturated heterocycles. The maximum absolute atomic E-state index is 13.1. The van der Waals surface area contributed by atoms with Gasteiger partial charge in [0, 0.05) is 56.5 Å². The van der Waals surface area contributed by atoms with Gasteiger partial charge in [0.1, 0.15) is 18.0 Å². The molecule has 0 aliphatic carbocycles. The molecule has 5 rings (SSSR count). The fourth-order valence-corrected chi connectivity index (χ4v) is 5.62. The molecule has 2 aromatic heterocycles. The van der Waals surface area contributed by atoms with E-state index < -0.39 is 0 Å². The molecule has 1 unspecified atom stereocenters. The minimum Gasteiger partial charge on any atom is -0.461 e. The van der Waals surface area contributed by atoms with Crippen LogP contribution < -0.4 is 10.9 Å². The van der Waals surface area contributed by atoms with Crippen molar-refractivity contribution in [3.8, 4) is 11.4 Å². The summed E-state index contributed by atoms with van der Waals surface area (Å²) >= 11 is 0. The van der Waals surface area contributed by atoms with Crippen molar-refractivity contribution < 1.29 is 19.0 Å². The minimum absolute atomic E-state index is 0.0660. The average molecular weight is 551 g/mol. The van der Waals surface area contributed by atoms with E-state index >= 15 is 0 Å². The molecular weight excluding hydrogens is 508 g/mol. The first-order chi connectivity index (χ1) is 19.4. The number of aromatic amines is 1. The van der Waals surface area contributed by atoms with Gasteiger partial charge < -0.3 is 29.1 Å². The van der Waals surface area contributed by atoms with Crippen LogP contribution in [0.1, 0.15) is 57.1 Å². The zero-order valence-corrected chi connectivity index (χ0v) is 23.9. The number of aryl methyl sites for hydroxylation is 1. The van der Waals surface area contributed by atoms with Crippen molar-refractivity contribution in [2.45, 2.75) is 78.1 Å². The van der Waals surface area contributed by atoms with Gasteiger partial charge in [0.2, 0.25) is 0 Å². The van der Waals surface area contributed by atoms with Gasteiger partial charge in [-0.2, -0.15) is 0 Å². The Morgan fingerprint density at radius 1 is 1.12 bits per heavy atom. The molecule has 3 aromatic rings. The number of esters is 1. The summed E-state index contributed by atoms with van der Waals surface area (Å²) in [5, 5.41) is 3.46. The summed E-state index contributed by atoms with van der Waals surface area (Å²) < 4.78 is 19.1. The van der Waals surface area contributed by atoms with Crippen LogP contribution in [0, 0.1) is 18.8 Å². The number of hydrogen-bond donors (Lipinski definition) is 2. The topological polar surface area (TPSA) is 107 Å². The number of benzene rings is 1. The van der Waals surface area contributed by atoms with Gasteiger partial charge in [-0.3, -0.25) is 9.59 Å². The molecule has 40 heavy (non-hydrogen) atoms. The standard InChI is InChI=1S/C31H42N4O5/c1-20(2)14-27(31(37)40-25-8-12-39-13-9-25)32-17-23-4-5-28-26(16-23)34-29(24-15-21(3)30(36)33-18-24)35(28)19-22-6-10-38-11-7-22/h4-5,15-16,18,20,22,25,27,32H,6-14,17,19H2,1-3H3,(H,33,36). The quantitative estimate of drug-likeness (QED) is 0.361. The van der Waals surface area contributed by atoms with Gasteiger partial charge in [0.15, 0.2) is 0 Å². The number of fused-ring (bicyclic) bond motifs is 1. The van der Waals surface area contributed by atoms with Gasteiger partial charge in [-0.25, -0.2) is 4.98 Å². The first-order valence-electron chi connectivity index (χ1n) is 14.7. The molecule has 216 valence electrons. The number of carbonyl (C=O) groups is 1. The molecular formula is C31H42N4O5. The summed E-state index contributed by atoms with van der Waals surface area (Å²) in [5.41, 5.74) is 4.49. The molecule has 1 aromatic carbocycles. The summed E-state index contributed by atoms with van der Waals surface area (Å²) in [6.07, 6.45) is 5.94. The fraction of sp³-hybridized carbons (Fsp3) is 0.581. The third kappa shape index (κ3) is 7.00. The third-order valence-corrected chi connectivity index (χ3v) is 7.94. The number of ether oxygens (including phenoxy) is 3. The van der Waals surface area contributed by atoms with Gasteiger partial charge in [-0.1, -0.05) is 19.9 Å². The van der Waals surface area contributed by atoms with Crippen LogP contribution in [0.15, 0.2) is 35.3 Å². The molecule has 0 bridgehead atoms. The van der Waals surface area contributed by atoms with Crippen molar-refractivity contribution in [3.63, 3.8) is 0 Å². The maximum Gasteiger partial charge on any atom is 0.323 e. The SMILES string of the molecule is Cc1cc(-c2nc3cc(CNC(CC(C)C)C(=O)OC4CCOCC4)ccc3n2CC2CCOCC2)c[nH]c1=O. The average Bonchev–Trinajstić information content (AvgIpc) is 3.30. The highest BCUT2D eigenvalue weighted by molar-refractivity contribution is 5.81. The van der Waals surface area contributed by atoms with Crippen molar-refractivity contribution in [2.24, 2.45) is 11.8 Å². The second kappa shape index (κ2) is 13.1. The molecule has 0 radical (unpaired) electrons. The van der Waals surface area contributed by atoms with E-state index in [0.29, 0.717) is 43.6 Å². The summed E-state index contributed by atoms with van der Waals surface area (Å²) in [7, 11) is 0. The van der Waals surface area contributed by atoms with Crippen molar-refractivity contribution in [1.29, 1.82) is 0 Å². The lowest BCUT2D eigenvalue weighted by molar-refractivity contribution is -0.156. The van der Waals surface area contributed by atoms with Gasteiger partial charge >= 0.3 is 5.97 Å². The molecule has 9 heteroatoms. The van der Waals surface area contributed by atoms with Gasteiger partial charge in [0.05, 0.1) is 24.2 Å². The van der Waals surface area contributed by atoms with Crippen LogP contribution in [0.25, 0.3) is 22.4 Å². The van der Waals surface area contributed by atoms with Crippen LogP contribution in [0.5, 0.6) is 0 Å². The van der Waals surface area contributed by atoms with E-state index in [2.05, 4.69) is 46.9 Å². The first-order valence-corrected chi connectivity index (χ1v) is 14.7. The van der Waals surface area contributed by atoms with Gasteiger partial charge in [-0.05, 0) is 61.8 Å². The van der Waals surface area contributed by atoms with Crippen LogP contribution in [0.2, 0.25) is 0 Å². The number of carbonyl (C=O) groups excluding carboxylic acids is 1. The van der Waals surface area contributed by atoms with Crippen LogP contribution in [0.3, 0.4) is 0 Å². The van der Waals surface area contributed by atoms with Crippen LogP contribution >= 0.6 is 0 Å². The van der Waals surface area contributed by atoms with Crippen LogP contribution in [-0.4, -0.2) is 59.1 Å². The Bertz CT molecular complexity index is 1350. The molecule has 2 aliphatic rings. The molecule has 9 nitrogen and oxygen atoms in total. The number of rotatable bonds is 10. The highest BCUT2D eigenvalue weighted by Crippen LogP contribution is 2.29. The lowest BCUT2D eigenvalue weighted by Crippen LogP contribution is -2.41. The van der Waals surface area contributed by atoms with Gasteiger partial charge in [0.25, 0.3) is 5.56 Å². The van der Waals surface area contributed by atoms with Crippen molar-refractivity contribution >= 4 is 17.0 Å². The Kier molecular flexibility index (Phi) is 9.34. The number of imidazole rings is 1. The van der Waals surface area contributed by atoms with Crippen molar-refractivity contribution in [2.75, 3.05) is 26.4 Å². The molecule has 2 fully saturated rings. The molecule has 2 N–H and O–H groups in total. The minimum atomic E-state index is -0.371. The Morgan fingerprint density at radius 3 is 2.55 bits per heavy atom. The van der Waals surface area contributed by atoms with E-state index in [1.807, 2.05) is 13.0 Å². The summed E-state index contributed by atoms with van der Waals surface area (Å²) in [5.74, 6) is 1.53. The van der Waals surface area contributed by atoms with E-state index in [1.54, 1.807) is 6.20 Å². The zero-order valence-electron chi connectivity index (χ0n) is 23.9. The number of nitrogens with one attached hydrogen (secondary N) is 2. The van der Waals surface area contributed by atoms with Crippen LogP contribution in [0.4, 0.5) is 0 Å². The second-order valence-electron chi connectivity index (χ2n) is 11.6. The van der Waals surface area contributed by atoms with Crippen molar-refractivity contribution in [3.05, 3.63) is 51.9 Å². The second-order valence-corrected chi connectivity index (χ2v) is 11.6. The molecule has 4 heterocycles. The smallest absolute Gasteiger partial charge is 0.323 e. The normalized spacial score (nSPS) is 17.9. The highest BCUT2D eigenvalue weighted by Gasteiger charge is 2.26. The Labute approximate surface area is 235 Å². The van der Waals surface area contributed by atoms with Gasteiger partial charge in [-0.15, -0.1) is 0 Å². The van der Waals surface area contributed by atoms with E-state index in [1.165, 1.54) is 0 Å². The van der Waals surface area contributed by atoms with Crippen LogP contribution in [-0.2, 0) is 32.1 Å². The number of hydrogen-bond acceptors (Lipinski definition) is 7. The Hall–Kier alpha value is -3.01. The molecule has 0 spiro atoms. The molecule has 0 amide bonds. The highest BCUT2D eigenvalue weighted by atomic mass is 16.6. The molecule has 1 atom stereocenters. The lowest BCUT2D eigenvalue weighted by atomic mass is 10.00. The molecule has 2 aliphatic heterocycles. The summed E-state index contributed by atoms with van der Waals surface area (Å²) in [6.45, 7) is 10.3. The number of aromatic nitrogens is 3. The third-order valence-electron chi connectivity index (χ3n) is 7.94. The summed E-state index contributed by atoms with van der Waals surface area (Å²) in [6, 6.07) is 7.86. The number of pyridine rings is 1. The van der Waals surface area contributed by atoms with E-state index in [0.717, 1.165) is 73.4 Å². The van der Waals surface area contributed by atoms with E-state index in [4.69, 9.17) is 19.2 Å². The molecule has 0 saturated carbocycles. The monoisotopic (exact) mass is 550 g/mol. The number of nitrogens with zero attached hydrogens (tertiary/aromatic N) is 2. The predicted molar refractivity (Wildman–Crippen MR) is 154 cm³/mol. The first kappa shape index (κ1) is 28.5. The van der Waals surface area contributed by atoms with E-state index in [9.17, 15) is 9.59 Å². The summed E-state index contributed by atoms with van der Waals surface area (Å²) in [4.78, 5) is 33.0. The predicted octanol–water partition coefficient (Wildman–Crippen LogP) is 4.35. The maximum atomic E-state index is 13.1. The van der Waals surface area contributed by atoms with E-state index in [-0.39, 0.29) is 23.7 Å².